The van der Waals surface area contributed by atoms with Crippen LogP contribution < -0.4 is 4.74 Å². The maximum atomic E-state index is 13.0. The Balaban J connectivity index is 1.42. The maximum Gasteiger partial charge on any atom is 0.289 e. The number of sulfonamides is 1. The molecule has 0 aromatic heterocycles. The lowest BCUT2D eigenvalue weighted by atomic mass is 10.1. The second-order valence-corrected chi connectivity index (χ2v) is 10.2. The monoisotopic (exact) mass is 466 g/mol. The topological polar surface area (TPSA) is 84.0 Å². The Labute approximate surface area is 184 Å². The van der Waals surface area contributed by atoms with Crippen LogP contribution in [0.3, 0.4) is 0 Å². The molecule has 2 aromatic carbocycles. The molecule has 2 aromatic rings. The predicted molar refractivity (Wildman–Crippen MR) is 114 cm³/mol. The van der Waals surface area contributed by atoms with E-state index in [9.17, 15) is 18.0 Å². The highest BCUT2D eigenvalue weighted by Crippen LogP contribution is 2.31. The Hall–Kier alpha value is -2.07. The quantitative estimate of drug-likeness (QED) is 0.662. The van der Waals surface area contributed by atoms with Crippen LogP contribution >= 0.6 is 23.4 Å². The molecule has 2 heterocycles. The zero-order chi connectivity index (χ0) is 21.3. The van der Waals surface area contributed by atoms with Crippen LogP contribution in [-0.4, -0.2) is 53.7 Å². The summed E-state index contributed by atoms with van der Waals surface area (Å²) in [5.74, 6) is 0.936. The van der Waals surface area contributed by atoms with Crippen molar-refractivity contribution < 1.29 is 22.7 Å². The second-order valence-electron chi connectivity index (χ2n) is 6.96. The first-order chi connectivity index (χ1) is 14.4. The van der Waals surface area contributed by atoms with Gasteiger partial charge >= 0.3 is 0 Å². The zero-order valence-corrected chi connectivity index (χ0v) is 18.3. The fraction of sp³-hybridized carbons (Fsp3) is 0.300. The van der Waals surface area contributed by atoms with E-state index in [0.717, 1.165) is 11.8 Å². The number of hydrogen-bond donors (Lipinski definition) is 0. The maximum absolute atomic E-state index is 13.0. The smallest absolute Gasteiger partial charge is 0.289 e. The number of thioether (sulfide) groups is 1. The molecule has 2 aliphatic heterocycles. The largest absolute Gasteiger partial charge is 0.456 e. The highest BCUT2D eigenvalue weighted by molar-refractivity contribution is 8.14. The van der Waals surface area contributed by atoms with Gasteiger partial charge in [-0.1, -0.05) is 35.5 Å². The van der Waals surface area contributed by atoms with Crippen molar-refractivity contribution in [3.8, 4) is 11.5 Å². The summed E-state index contributed by atoms with van der Waals surface area (Å²) >= 11 is 7.08. The van der Waals surface area contributed by atoms with E-state index in [2.05, 4.69) is 0 Å². The molecule has 0 atom stereocenters. The predicted octanol–water partition coefficient (Wildman–Crippen LogP) is 3.98. The summed E-state index contributed by atoms with van der Waals surface area (Å²) in [4.78, 5) is 25.2. The average Bonchev–Trinajstić information content (AvgIpc) is 3.08. The van der Waals surface area contributed by atoms with Gasteiger partial charge in [-0.15, -0.1) is 0 Å². The summed E-state index contributed by atoms with van der Waals surface area (Å²) in [6.45, 7) is 0.513. The Bertz CT molecular complexity index is 1050. The van der Waals surface area contributed by atoms with E-state index in [0.29, 0.717) is 29.4 Å². The van der Waals surface area contributed by atoms with Gasteiger partial charge < -0.3 is 4.74 Å². The molecule has 0 radical (unpaired) electrons. The Morgan fingerprint density at radius 1 is 1.00 bits per heavy atom. The molecule has 0 unspecified atom stereocenters. The number of carbonyl (C=O) groups excluding carboxylic acids is 2. The third kappa shape index (κ3) is 4.20. The van der Waals surface area contributed by atoms with Crippen LogP contribution in [-0.2, 0) is 14.8 Å². The van der Waals surface area contributed by atoms with Crippen molar-refractivity contribution in [3.63, 3.8) is 0 Å². The molecule has 2 fully saturated rings. The van der Waals surface area contributed by atoms with Gasteiger partial charge in [-0.05, 0) is 49.2 Å². The number of benzene rings is 2. The average molecular weight is 467 g/mol. The van der Waals surface area contributed by atoms with Crippen molar-refractivity contribution in [3.05, 3.63) is 53.6 Å². The number of rotatable bonds is 5. The van der Waals surface area contributed by atoms with Crippen molar-refractivity contribution in [1.29, 1.82) is 0 Å². The van der Waals surface area contributed by atoms with Gasteiger partial charge in [0.2, 0.25) is 15.9 Å². The molecule has 7 nitrogen and oxygen atoms in total. The number of hydrogen-bond acceptors (Lipinski definition) is 6. The van der Waals surface area contributed by atoms with E-state index in [1.807, 2.05) is 0 Å². The third-order valence-corrected chi connectivity index (χ3v) is 8.16. The number of piperidine rings is 1. The van der Waals surface area contributed by atoms with E-state index < -0.39 is 10.0 Å². The standard InChI is InChI=1S/C20H19ClN2O5S2/c21-17-3-1-2-4-18(17)28-15-5-7-16(8-6-15)30(26,27)22-11-9-14(10-12-22)23-19(24)13-29-20(23)25/h1-8,14H,9-13H2. The molecule has 0 spiro atoms. The van der Waals surface area contributed by atoms with Crippen LogP contribution in [0.2, 0.25) is 5.02 Å². The third-order valence-electron chi connectivity index (χ3n) is 5.10. The SMILES string of the molecule is O=C1CSC(=O)N1C1CCN(S(=O)(=O)c2ccc(Oc3ccccc3Cl)cc2)CC1. The fourth-order valence-electron chi connectivity index (χ4n) is 3.54. The number of ether oxygens (including phenoxy) is 1. The molecule has 2 amide bonds. The van der Waals surface area contributed by atoms with Crippen molar-refractivity contribution in [1.82, 2.24) is 9.21 Å². The minimum Gasteiger partial charge on any atom is -0.456 e. The minimum atomic E-state index is -3.68. The summed E-state index contributed by atoms with van der Waals surface area (Å²) in [5.41, 5.74) is 0. The molecular weight excluding hydrogens is 448 g/mol. The molecule has 0 saturated carbocycles. The number of carbonyl (C=O) groups is 2. The zero-order valence-electron chi connectivity index (χ0n) is 15.9. The lowest BCUT2D eigenvalue weighted by Crippen LogP contribution is -2.48. The second kappa shape index (κ2) is 8.58. The number of para-hydroxylation sites is 1. The van der Waals surface area contributed by atoms with E-state index in [1.165, 1.54) is 21.3 Å². The number of imide groups is 1. The Kier molecular flexibility index (Phi) is 6.06. The number of amides is 2. The van der Waals surface area contributed by atoms with Gasteiger partial charge in [-0.2, -0.15) is 4.31 Å². The van der Waals surface area contributed by atoms with Crippen LogP contribution in [0, 0.1) is 0 Å². The summed E-state index contributed by atoms with van der Waals surface area (Å²) in [6.07, 6.45) is 0.871. The molecule has 4 rings (SSSR count). The van der Waals surface area contributed by atoms with Crippen LogP contribution in [0.1, 0.15) is 12.8 Å². The summed E-state index contributed by atoms with van der Waals surface area (Å²) in [7, 11) is -3.68. The van der Waals surface area contributed by atoms with Crippen molar-refractivity contribution in [2.45, 2.75) is 23.8 Å². The Morgan fingerprint density at radius 3 is 2.27 bits per heavy atom. The molecule has 0 aliphatic carbocycles. The Morgan fingerprint density at radius 2 is 1.67 bits per heavy atom. The molecule has 30 heavy (non-hydrogen) atoms. The number of nitrogens with zero attached hydrogens (tertiary/aromatic N) is 2. The van der Waals surface area contributed by atoms with E-state index >= 15 is 0 Å². The van der Waals surface area contributed by atoms with E-state index in [1.54, 1.807) is 36.4 Å². The van der Waals surface area contributed by atoms with Gasteiger partial charge in [0.25, 0.3) is 5.24 Å². The van der Waals surface area contributed by atoms with Crippen LogP contribution in [0.15, 0.2) is 53.4 Å². The highest BCUT2D eigenvalue weighted by atomic mass is 35.5. The molecule has 0 N–H and O–H groups in total. The molecule has 0 bridgehead atoms. The first-order valence-electron chi connectivity index (χ1n) is 9.37. The van der Waals surface area contributed by atoms with Gasteiger partial charge in [-0.25, -0.2) is 8.42 Å². The van der Waals surface area contributed by atoms with Crippen LogP contribution in [0.5, 0.6) is 11.5 Å². The molecule has 2 aliphatic rings. The van der Waals surface area contributed by atoms with Gasteiger partial charge in [0.1, 0.15) is 11.5 Å². The molecule has 158 valence electrons. The summed E-state index contributed by atoms with van der Waals surface area (Å²) in [6, 6.07) is 13.0. The van der Waals surface area contributed by atoms with E-state index in [4.69, 9.17) is 16.3 Å². The van der Waals surface area contributed by atoms with Gasteiger partial charge in [0.15, 0.2) is 0 Å². The van der Waals surface area contributed by atoms with Gasteiger partial charge in [0, 0.05) is 19.1 Å². The lowest BCUT2D eigenvalue weighted by Gasteiger charge is -2.34. The van der Waals surface area contributed by atoms with Crippen LogP contribution in [0.25, 0.3) is 0 Å². The summed E-state index contributed by atoms with van der Waals surface area (Å²) < 4.78 is 33.1. The first-order valence-corrected chi connectivity index (χ1v) is 12.2. The van der Waals surface area contributed by atoms with Crippen LogP contribution in [0.4, 0.5) is 4.79 Å². The minimum absolute atomic E-state index is 0.163. The normalized spacial score (nSPS) is 18.8. The summed E-state index contributed by atoms with van der Waals surface area (Å²) in [5, 5.41) is 0.223. The first kappa shape index (κ1) is 21.2. The molecule has 10 heteroatoms. The highest BCUT2D eigenvalue weighted by Gasteiger charge is 2.39. The van der Waals surface area contributed by atoms with E-state index in [-0.39, 0.29) is 40.9 Å². The lowest BCUT2D eigenvalue weighted by molar-refractivity contribution is -0.126. The molecular formula is C20H19ClN2O5S2. The number of halogens is 1. The fourth-order valence-corrected chi connectivity index (χ4v) is 5.96. The van der Waals surface area contributed by atoms with Crippen molar-refractivity contribution >= 4 is 44.5 Å². The van der Waals surface area contributed by atoms with Crippen molar-refractivity contribution in [2.24, 2.45) is 0 Å². The molecule has 2 saturated heterocycles. The van der Waals surface area contributed by atoms with Gasteiger partial charge in [-0.3, -0.25) is 14.5 Å². The van der Waals surface area contributed by atoms with Gasteiger partial charge in [0.05, 0.1) is 15.7 Å². The van der Waals surface area contributed by atoms with Crippen molar-refractivity contribution in [2.75, 3.05) is 18.8 Å².